The van der Waals surface area contributed by atoms with Crippen LogP contribution in [-0.4, -0.2) is 29.9 Å². The maximum Gasteiger partial charge on any atom is 0.251 e. The molecule has 172 valence electrons. The number of benzene rings is 3. The number of phenols is 1. The Morgan fingerprint density at radius 2 is 1.79 bits per heavy atom. The van der Waals surface area contributed by atoms with Crippen molar-refractivity contribution in [2.75, 3.05) is 13.2 Å². The smallest absolute Gasteiger partial charge is 0.251 e. The van der Waals surface area contributed by atoms with Gasteiger partial charge in [0, 0.05) is 34.8 Å². The molecule has 0 aliphatic heterocycles. The Morgan fingerprint density at radius 3 is 2.47 bits per heavy atom. The number of carbonyl (C=O) groups is 1. The number of para-hydroxylation sites is 1. The predicted molar refractivity (Wildman–Crippen MR) is 134 cm³/mol. The Labute approximate surface area is 203 Å². The lowest BCUT2D eigenvalue weighted by molar-refractivity contribution is -0.115. The van der Waals surface area contributed by atoms with E-state index in [4.69, 9.17) is 27.0 Å². The molecule has 3 N–H and O–H groups in total. The van der Waals surface area contributed by atoms with Crippen LogP contribution in [0.3, 0.4) is 0 Å². The van der Waals surface area contributed by atoms with E-state index in [2.05, 4.69) is 5.32 Å². The summed E-state index contributed by atoms with van der Waals surface area (Å²) in [6.07, 6.45) is 2.33. The highest BCUT2D eigenvalue weighted by atomic mass is 35.5. The van der Waals surface area contributed by atoms with Crippen LogP contribution in [0.1, 0.15) is 29.5 Å². The van der Waals surface area contributed by atoms with E-state index in [1.807, 2.05) is 18.2 Å². The summed E-state index contributed by atoms with van der Waals surface area (Å²) in [6.45, 7) is 0.534. The molecule has 0 saturated carbocycles. The number of rotatable bonds is 10. The molecule has 0 unspecified atom stereocenters. The van der Waals surface area contributed by atoms with E-state index >= 15 is 0 Å². The Hall–Kier alpha value is -4.08. The summed E-state index contributed by atoms with van der Waals surface area (Å²) >= 11 is 5.96. The van der Waals surface area contributed by atoms with Gasteiger partial charge in [-0.3, -0.25) is 4.79 Å². The second-order valence-corrected chi connectivity index (χ2v) is 7.83. The van der Waals surface area contributed by atoms with Crippen LogP contribution in [-0.2, 0) is 4.79 Å². The second kappa shape index (κ2) is 12.2. The maximum absolute atomic E-state index is 12.8. The molecule has 0 heterocycles. The molecule has 0 bridgehead atoms. The average molecular weight is 474 g/mol. The van der Waals surface area contributed by atoms with Crippen molar-refractivity contribution in [2.45, 2.75) is 12.8 Å². The molecule has 3 aromatic rings. The zero-order chi connectivity index (χ0) is 24.3. The van der Waals surface area contributed by atoms with Gasteiger partial charge in [-0.1, -0.05) is 48.0 Å². The standard InChI is InChI=1S/C27H24ClN3O3/c28-21-10-6-19(7-11-21)18-24(27(33)31-16-3-15-29)20-8-12-22(13-9-20)34-17-14-25(30)23-4-1-2-5-26(23)32/h1-2,4-13,18,30,32H,3,14,16-17H2,(H,31,33)/b24-18+,30-25?. The first-order valence-corrected chi connectivity index (χ1v) is 11.1. The predicted octanol–water partition coefficient (Wildman–Crippen LogP) is 5.45. The minimum atomic E-state index is -0.282. The normalized spacial score (nSPS) is 10.9. The summed E-state index contributed by atoms with van der Waals surface area (Å²) in [5.41, 5.74) is 2.74. The van der Waals surface area contributed by atoms with Gasteiger partial charge in [-0.15, -0.1) is 0 Å². The summed E-state index contributed by atoms with van der Waals surface area (Å²) in [5.74, 6) is 0.393. The van der Waals surface area contributed by atoms with Crippen molar-refractivity contribution in [2.24, 2.45) is 0 Å². The number of ether oxygens (including phenoxy) is 1. The highest BCUT2D eigenvalue weighted by molar-refractivity contribution is 6.30. The molecule has 0 aliphatic carbocycles. The molecule has 3 rings (SSSR count). The number of nitrogens with zero attached hydrogens (tertiary/aromatic N) is 1. The van der Waals surface area contributed by atoms with Crippen molar-refractivity contribution >= 4 is 34.9 Å². The number of nitriles is 1. The number of nitrogens with one attached hydrogen (secondary N) is 2. The largest absolute Gasteiger partial charge is 0.507 e. The highest BCUT2D eigenvalue weighted by Crippen LogP contribution is 2.23. The number of halogens is 1. The summed E-state index contributed by atoms with van der Waals surface area (Å²) in [7, 11) is 0. The first-order valence-electron chi connectivity index (χ1n) is 10.7. The van der Waals surface area contributed by atoms with E-state index in [0.29, 0.717) is 33.9 Å². The van der Waals surface area contributed by atoms with Gasteiger partial charge >= 0.3 is 0 Å². The van der Waals surface area contributed by atoms with Gasteiger partial charge in [0.05, 0.1) is 19.1 Å². The first kappa shape index (κ1) is 24.6. The Kier molecular flexibility index (Phi) is 8.84. The lowest BCUT2D eigenvalue weighted by Gasteiger charge is -2.11. The lowest BCUT2D eigenvalue weighted by Crippen LogP contribution is -2.25. The van der Waals surface area contributed by atoms with E-state index in [9.17, 15) is 9.90 Å². The SMILES string of the molecule is N#CCCNC(=O)/C(=C/c1ccc(Cl)cc1)c1ccc(OCCC(=N)c2ccccc2O)cc1. The molecule has 0 aromatic heterocycles. The molecule has 0 aliphatic rings. The zero-order valence-corrected chi connectivity index (χ0v) is 19.2. The van der Waals surface area contributed by atoms with Gasteiger partial charge in [-0.2, -0.15) is 5.26 Å². The fourth-order valence-corrected chi connectivity index (χ4v) is 3.32. The molecule has 1 amide bonds. The number of amides is 1. The third-order valence-electron chi connectivity index (χ3n) is 4.96. The molecule has 6 nitrogen and oxygen atoms in total. The van der Waals surface area contributed by atoms with E-state index in [0.717, 1.165) is 5.56 Å². The van der Waals surface area contributed by atoms with Crippen LogP contribution >= 0.6 is 11.6 Å². The Morgan fingerprint density at radius 1 is 1.09 bits per heavy atom. The molecule has 0 fully saturated rings. The quantitative estimate of drug-likeness (QED) is 0.157. The topological polar surface area (TPSA) is 106 Å². The minimum absolute atomic E-state index is 0.0740. The molecule has 7 heteroatoms. The number of hydrogen-bond donors (Lipinski definition) is 3. The van der Waals surface area contributed by atoms with Crippen LogP contribution in [0, 0.1) is 16.7 Å². The van der Waals surface area contributed by atoms with Gasteiger partial charge < -0.3 is 20.6 Å². The van der Waals surface area contributed by atoms with E-state index < -0.39 is 0 Å². The van der Waals surface area contributed by atoms with Crippen LogP contribution in [0.25, 0.3) is 11.6 Å². The molecule has 0 spiro atoms. The minimum Gasteiger partial charge on any atom is -0.507 e. The monoisotopic (exact) mass is 473 g/mol. The molecule has 34 heavy (non-hydrogen) atoms. The average Bonchev–Trinajstić information content (AvgIpc) is 2.84. The number of hydrogen-bond acceptors (Lipinski definition) is 5. The zero-order valence-electron chi connectivity index (χ0n) is 18.4. The van der Waals surface area contributed by atoms with E-state index in [-0.39, 0.29) is 36.9 Å². The Balaban J connectivity index is 1.69. The van der Waals surface area contributed by atoms with Crippen LogP contribution in [0.5, 0.6) is 11.5 Å². The molecule has 0 atom stereocenters. The summed E-state index contributed by atoms with van der Waals surface area (Å²) in [4.78, 5) is 12.8. The van der Waals surface area contributed by atoms with Crippen LogP contribution in [0.15, 0.2) is 72.8 Å². The van der Waals surface area contributed by atoms with Crippen LogP contribution < -0.4 is 10.1 Å². The molecular formula is C27H24ClN3O3. The fourth-order valence-electron chi connectivity index (χ4n) is 3.20. The third-order valence-corrected chi connectivity index (χ3v) is 5.22. The van der Waals surface area contributed by atoms with Crippen molar-refractivity contribution in [1.29, 1.82) is 10.7 Å². The fraction of sp³-hybridized carbons (Fsp3) is 0.148. The van der Waals surface area contributed by atoms with E-state index in [1.54, 1.807) is 66.7 Å². The van der Waals surface area contributed by atoms with Gasteiger partial charge in [-0.25, -0.2) is 0 Å². The number of aromatic hydroxyl groups is 1. The van der Waals surface area contributed by atoms with Gasteiger partial charge in [0.1, 0.15) is 11.5 Å². The molecular weight excluding hydrogens is 450 g/mol. The molecule has 0 saturated heterocycles. The van der Waals surface area contributed by atoms with Gasteiger partial charge in [-0.05, 0) is 53.6 Å². The summed E-state index contributed by atoms with van der Waals surface area (Å²) < 4.78 is 5.75. The van der Waals surface area contributed by atoms with Crippen molar-refractivity contribution in [3.63, 3.8) is 0 Å². The number of carbonyl (C=O) groups excluding carboxylic acids is 1. The van der Waals surface area contributed by atoms with Crippen LogP contribution in [0.2, 0.25) is 5.02 Å². The van der Waals surface area contributed by atoms with Gasteiger partial charge in [0.2, 0.25) is 0 Å². The highest BCUT2D eigenvalue weighted by Gasteiger charge is 2.13. The first-order chi connectivity index (χ1) is 16.5. The van der Waals surface area contributed by atoms with Crippen molar-refractivity contribution in [3.05, 3.63) is 94.5 Å². The molecule has 0 radical (unpaired) electrons. The summed E-state index contributed by atoms with van der Waals surface area (Å²) in [6, 6.07) is 23.0. The second-order valence-electron chi connectivity index (χ2n) is 7.39. The third kappa shape index (κ3) is 6.96. The Bertz CT molecular complexity index is 1210. The summed E-state index contributed by atoms with van der Waals surface area (Å²) in [5, 5.41) is 30.1. The lowest BCUT2D eigenvalue weighted by atomic mass is 10.0. The van der Waals surface area contributed by atoms with Crippen molar-refractivity contribution < 1.29 is 14.6 Å². The van der Waals surface area contributed by atoms with Crippen molar-refractivity contribution in [1.82, 2.24) is 5.32 Å². The molecule has 3 aromatic carbocycles. The van der Waals surface area contributed by atoms with Gasteiger partial charge in [0.15, 0.2) is 0 Å². The van der Waals surface area contributed by atoms with E-state index in [1.165, 1.54) is 0 Å². The van der Waals surface area contributed by atoms with Crippen LogP contribution in [0.4, 0.5) is 0 Å². The number of phenolic OH excluding ortho intramolecular Hbond substituents is 1. The maximum atomic E-state index is 12.8. The van der Waals surface area contributed by atoms with Crippen molar-refractivity contribution in [3.8, 4) is 17.6 Å². The van der Waals surface area contributed by atoms with Gasteiger partial charge in [0.25, 0.3) is 5.91 Å².